The summed E-state index contributed by atoms with van der Waals surface area (Å²) < 4.78 is 5.85. The summed E-state index contributed by atoms with van der Waals surface area (Å²) in [4.78, 5) is 34.0. The largest absolute Gasteiger partial charge is 0.489 e. The molecule has 8 nitrogen and oxygen atoms in total. The number of piperazine rings is 1. The maximum Gasteiger partial charge on any atom is 0.273 e. The number of hydrogen-bond acceptors (Lipinski definition) is 6. The minimum absolute atomic E-state index is 0.108. The van der Waals surface area contributed by atoms with Crippen LogP contribution in [0, 0.1) is 0 Å². The van der Waals surface area contributed by atoms with Gasteiger partial charge in [-0.15, -0.1) is 0 Å². The number of benzene rings is 2. The van der Waals surface area contributed by atoms with Crippen LogP contribution in [0.3, 0.4) is 0 Å². The van der Waals surface area contributed by atoms with Crippen molar-refractivity contribution in [2.45, 2.75) is 6.61 Å². The van der Waals surface area contributed by atoms with Crippen molar-refractivity contribution in [3.63, 3.8) is 0 Å². The Kier molecular flexibility index (Phi) is 8.02. The van der Waals surface area contributed by atoms with Gasteiger partial charge < -0.3 is 19.9 Å². The molecule has 0 atom stereocenters. The monoisotopic (exact) mass is 489 g/mol. The van der Waals surface area contributed by atoms with Crippen LogP contribution < -0.4 is 15.4 Å². The third-order valence-corrected chi connectivity index (χ3v) is 5.82. The predicted octanol–water partition coefficient (Wildman–Crippen LogP) is 3.18. The van der Waals surface area contributed by atoms with Crippen LogP contribution >= 0.6 is 12.2 Å². The number of amides is 2. The molecule has 0 spiro atoms. The van der Waals surface area contributed by atoms with Crippen LogP contribution in [0.2, 0.25) is 0 Å². The van der Waals surface area contributed by atoms with E-state index in [0.717, 1.165) is 18.7 Å². The molecule has 2 aromatic carbocycles. The number of aromatic nitrogens is 1. The first-order chi connectivity index (χ1) is 17.0. The molecule has 1 saturated heterocycles. The highest BCUT2D eigenvalue weighted by atomic mass is 32.1. The maximum atomic E-state index is 13.0. The second kappa shape index (κ2) is 11.5. The van der Waals surface area contributed by atoms with E-state index in [1.54, 1.807) is 23.1 Å². The third kappa shape index (κ3) is 6.62. The lowest BCUT2D eigenvalue weighted by molar-refractivity contribution is 0.0654. The van der Waals surface area contributed by atoms with Gasteiger partial charge in [-0.1, -0.05) is 36.4 Å². The number of anilines is 1. The Labute approximate surface area is 209 Å². The summed E-state index contributed by atoms with van der Waals surface area (Å²) in [6.07, 6.45) is 1.51. The molecule has 4 rings (SSSR count). The van der Waals surface area contributed by atoms with Gasteiger partial charge in [0, 0.05) is 44.1 Å². The molecule has 35 heavy (non-hydrogen) atoms. The molecule has 9 heteroatoms. The van der Waals surface area contributed by atoms with Crippen LogP contribution in [-0.4, -0.2) is 64.9 Å². The van der Waals surface area contributed by atoms with Gasteiger partial charge in [0.05, 0.1) is 5.56 Å². The number of carbonyl (C=O) groups excluding carboxylic acids is 2. The van der Waals surface area contributed by atoms with E-state index in [1.807, 2.05) is 55.6 Å². The second-order valence-corrected chi connectivity index (χ2v) is 8.61. The maximum absolute atomic E-state index is 13.0. The van der Waals surface area contributed by atoms with E-state index >= 15 is 0 Å². The fourth-order valence-corrected chi connectivity index (χ4v) is 3.87. The highest BCUT2D eigenvalue weighted by molar-refractivity contribution is 7.80. The van der Waals surface area contributed by atoms with E-state index in [-0.39, 0.29) is 22.3 Å². The first-order valence-corrected chi connectivity index (χ1v) is 11.7. The number of nitrogens with zero attached hydrogens (tertiary/aromatic N) is 3. The van der Waals surface area contributed by atoms with Crippen LogP contribution in [0.15, 0.2) is 72.9 Å². The van der Waals surface area contributed by atoms with E-state index in [2.05, 4.69) is 20.5 Å². The van der Waals surface area contributed by atoms with Crippen molar-refractivity contribution in [3.8, 4) is 5.75 Å². The third-order valence-electron chi connectivity index (χ3n) is 5.61. The molecule has 0 aliphatic carbocycles. The number of thiocarbonyl (C=S) groups is 1. The van der Waals surface area contributed by atoms with Crippen LogP contribution in [-0.2, 0) is 6.61 Å². The molecule has 180 valence electrons. The first-order valence-electron chi connectivity index (χ1n) is 11.3. The summed E-state index contributed by atoms with van der Waals surface area (Å²) in [5, 5.41) is 5.75. The number of rotatable bonds is 6. The van der Waals surface area contributed by atoms with E-state index in [0.29, 0.717) is 31.1 Å². The number of ether oxygens (including phenoxy) is 1. The van der Waals surface area contributed by atoms with Crippen LogP contribution in [0.1, 0.15) is 26.4 Å². The van der Waals surface area contributed by atoms with E-state index < -0.39 is 5.91 Å². The van der Waals surface area contributed by atoms with Crippen molar-refractivity contribution in [1.82, 2.24) is 20.1 Å². The van der Waals surface area contributed by atoms with Gasteiger partial charge in [-0.3, -0.25) is 19.9 Å². The molecule has 1 aliphatic heterocycles. The lowest BCUT2D eigenvalue weighted by Crippen LogP contribution is -2.47. The van der Waals surface area contributed by atoms with Gasteiger partial charge in [0.25, 0.3) is 11.8 Å². The molecule has 0 bridgehead atoms. The molecule has 1 fully saturated rings. The van der Waals surface area contributed by atoms with Crippen molar-refractivity contribution in [2.75, 3.05) is 38.5 Å². The molecule has 0 radical (unpaired) electrons. The number of likely N-dealkylation sites (N-methyl/N-ethyl adjacent to an activating group) is 1. The van der Waals surface area contributed by atoms with Crippen LogP contribution in [0.25, 0.3) is 0 Å². The molecule has 3 aromatic rings. The summed E-state index contributed by atoms with van der Waals surface area (Å²) in [6, 6.07) is 20.4. The Bertz CT molecular complexity index is 1200. The van der Waals surface area contributed by atoms with Gasteiger partial charge in [0.2, 0.25) is 0 Å². The van der Waals surface area contributed by atoms with Crippen molar-refractivity contribution >= 4 is 34.8 Å². The fourth-order valence-electron chi connectivity index (χ4n) is 3.66. The molecule has 0 unspecified atom stereocenters. The Morgan fingerprint density at radius 2 is 1.77 bits per heavy atom. The molecule has 2 N–H and O–H groups in total. The highest BCUT2D eigenvalue weighted by Gasteiger charge is 2.26. The van der Waals surface area contributed by atoms with Gasteiger partial charge in [0.15, 0.2) is 5.11 Å². The molecular formula is C26H27N5O3S. The fraction of sp³-hybridized carbons (Fsp3) is 0.231. The topological polar surface area (TPSA) is 86.8 Å². The average Bonchev–Trinajstić information content (AvgIpc) is 2.88. The summed E-state index contributed by atoms with van der Waals surface area (Å²) >= 11 is 5.34. The van der Waals surface area contributed by atoms with Crippen molar-refractivity contribution in [3.05, 3.63) is 89.7 Å². The Morgan fingerprint density at radius 3 is 2.54 bits per heavy atom. The number of carbonyl (C=O) groups is 2. The zero-order valence-electron chi connectivity index (χ0n) is 19.4. The van der Waals surface area contributed by atoms with E-state index in [1.165, 1.54) is 6.20 Å². The van der Waals surface area contributed by atoms with Crippen LogP contribution in [0.5, 0.6) is 5.75 Å². The van der Waals surface area contributed by atoms with Crippen molar-refractivity contribution in [2.24, 2.45) is 0 Å². The van der Waals surface area contributed by atoms with Crippen molar-refractivity contribution in [1.29, 1.82) is 0 Å². The number of nitrogens with one attached hydrogen (secondary N) is 2. The van der Waals surface area contributed by atoms with Gasteiger partial charge in [0.1, 0.15) is 18.1 Å². The number of pyridine rings is 1. The predicted molar refractivity (Wildman–Crippen MR) is 139 cm³/mol. The molecule has 2 amide bonds. The number of hydrogen-bond donors (Lipinski definition) is 2. The SMILES string of the molecule is CN1CCN(C(=O)c2ncccc2C(=O)NC(=S)Nc2cccc(OCc3ccccc3)c2)CC1. The van der Waals surface area contributed by atoms with Gasteiger partial charge in [-0.2, -0.15) is 0 Å². The van der Waals surface area contributed by atoms with Crippen LogP contribution in [0.4, 0.5) is 5.69 Å². The Balaban J connectivity index is 1.37. The summed E-state index contributed by atoms with van der Waals surface area (Å²) in [7, 11) is 2.01. The first kappa shape index (κ1) is 24.3. The minimum atomic E-state index is -0.496. The molecule has 0 saturated carbocycles. The Morgan fingerprint density at radius 1 is 1.00 bits per heavy atom. The zero-order valence-corrected chi connectivity index (χ0v) is 20.3. The lowest BCUT2D eigenvalue weighted by Gasteiger charge is -2.32. The van der Waals surface area contributed by atoms with Crippen molar-refractivity contribution < 1.29 is 14.3 Å². The second-order valence-electron chi connectivity index (χ2n) is 8.21. The van der Waals surface area contributed by atoms with Gasteiger partial charge >= 0.3 is 0 Å². The minimum Gasteiger partial charge on any atom is -0.489 e. The summed E-state index contributed by atoms with van der Waals surface area (Å²) in [5.74, 6) is -0.0872. The molecular weight excluding hydrogens is 462 g/mol. The molecule has 1 aromatic heterocycles. The highest BCUT2D eigenvalue weighted by Crippen LogP contribution is 2.19. The standard InChI is InChI=1S/C26H27N5O3S/c1-30-13-15-31(16-14-30)25(33)23-22(11-6-12-27-23)24(32)29-26(35)28-20-9-5-10-21(17-20)34-18-19-7-3-2-4-8-19/h2-12,17H,13-16,18H2,1H3,(H2,28,29,32,35). The van der Waals surface area contributed by atoms with E-state index in [4.69, 9.17) is 17.0 Å². The summed E-state index contributed by atoms with van der Waals surface area (Å²) in [5.41, 5.74) is 2.03. The molecule has 1 aliphatic rings. The van der Waals surface area contributed by atoms with Gasteiger partial charge in [-0.05, 0) is 49.1 Å². The molecule has 2 heterocycles. The lowest BCUT2D eigenvalue weighted by atomic mass is 10.1. The normalized spacial score (nSPS) is 13.7. The Hall–Kier alpha value is -3.82. The quantitative estimate of drug-likeness (QED) is 0.515. The smallest absolute Gasteiger partial charge is 0.273 e. The summed E-state index contributed by atoms with van der Waals surface area (Å²) in [6.45, 7) is 3.19. The average molecular weight is 490 g/mol. The van der Waals surface area contributed by atoms with Gasteiger partial charge in [-0.25, -0.2) is 0 Å². The van der Waals surface area contributed by atoms with E-state index in [9.17, 15) is 9.59 Å². The zero-order chi connectivity index (χ0) is 24.6.